The smallest absolute Gasteiger partial charge is 0.327 e. The van der Waals surface area contributed by atoms with E-state index in [0.29, 0.717) is 0 Å². The van der Waals surface area contributed by atoms with Gasteiger partial charge in [-0.2, -0.15) is 0 Å². The van der Waals surface area contributed by atoms with Gasteiger partial charge in [-0.25, -0.2) is 19.7 Å². The molecular weight excluding hydrogens is 434 g/mol. The summed E-state index contributed by atoms with van der Waals surface area (Å²) in [6.07, 6.45) is -2.94. The van der Waals surface area contributed by atoms with Crippen molar-refractivity contribution in [1.29, 1.82) is 0 Å². The third-order valence-electron chi connectivity index (χ3n) is 4.67. The van der Waals surface area contributed by atoms with Gasteiger partial charge in [-0.3, -0.25) is 20.0 Å². The maximum Gasteiger partial charge on any atom is 0.327 e. The first-order chi connectivity index (χ1) is 14.7. The first-order valence-corrected chi connectivity index (χ1v) is 10.4. The molecule has 0 radical (unpaired) electrons. The number of nitrogens with zero attached hydrogens (tertiary/aromatic N) is 4. The summed E-state index contributed by atoms with van der Waals surface area (Å²) < 4.78 is 6.85. The number of nitrogens with two attached hydrogens (primary N) is 1. The number of urea groups is 1. The van der Waals surface area contributed by atoms with Crippen LogP contribution in [0.5, 0.6) is 0 Å². The highest BCUT2D eigenvalue weighted by Gasteiger charge is 2.44. The van der Waals surface area contributed by atoms with Crippen LogP contribution in [0.2, 0.25) is 0 Å². The lowest BCUT2D eigenvalue weighted by atomic mass is 10.1. The average Bonchev–Trinajstić information content (AvgIpc) is 3.28. The first-order valence-electron chi connectivity index (χ1n) is 9.14. The van der Waals surface area contributed by atoms with Crippen LogP contribution >= 0.6 is 11.8 Å². The van der Waals surface area contributed by atoms with Crippen molar-refractivity contribution < 1.29 is 34.8 Å². The molecule has 0 bridgehead atoms. The van der Waals surface area contributed by atoms with Gasteiger partial charge in [0, 0.05) is 0 Å². The lowest BCUT2D eigenvalue weighted by Crippen LogP contribution is -2.50. The third-order valence-corrected chi connectivity index (χ3v) is 5.21. The van der Waals surface area contributed by atoms with E-state index in [1.165, 1.54) is 17.8 Å². The highest BCUT2D eigenvalue weighted by atomic mass is 32.2. The molecule has 14 nitrogen and oxygen atoms in total. The summed E-state index contributed by atoms with van der Waals surface area (Å²) in [7, 11) is 0. The molecule has 0 spiro atoms. The maximum atomic E-state index is 12.2. The Morgan fingerprint density at radius 2 is 2.06 bits per heavy atom. The van der Waals surface area contributed by atoms with E-state index < -0.39 is 55.2 Å². The predicted molar refractivity (Wildman–Crippen MR) is 107 cm³/mol. The van der Waals surface area contributed by atoms with Crippen molar-refractivity contribution in [3.05, 3.63) is 6.33 Å². The monoisotopic (exact) mass is 457 g/mol. The van der Waals surface area contributed by atoms with Crippen LogP contribution in [0.15, 0.2) is 11.5 Å². The maximum absolute atomic E-state index is 12.2. The molecule has 170 valence electrons. The Balaban J connectivity index is 1.90. The molecule has 0 unspecified atom stereocenters. The van der Waals surface area contributed by atoms with Crippen molar-refractivity contribution in [3.8, 4) is 0 Å². The molecule has 31 heavy (non-hydrogen) atoms. The molecule has 1 aliphatic rings. The fourth-order valence-corrected chi connectivity index (χ4v) is 3.28. The summed E-state index contributed by atoms with van der Waals surface area (Å²) in [5, 5.41) is 43.6. The van der Waals surface area contributed by atoms with Crippen LogP contribution in [0, 0.1) is 0 Å². The van der Waals surface area contributed by atoms with E-state index in [9.17, 15) is 30.0 Å². The van der Waals surface area contributed by atoms with Gasteiger partial charge in [0.15, 0.2) is 28.4 Å². The number of aromatic nitrogens is 4. The number of imide groups is 1. The Bertz CT molecular complexity index is 971. The van der Waals surface area contributed by atoms with Gasteiger partial charge in [0.2, 0.25) is 5.91 Å². The molecule has 1 fully saturated rings. The molecule has 1 aliphatic heterocycles. The SMILES string of the molecule is CSc1nc(NC(=O)NC(=O)[C@@H](N)[C@@H](C)O)c2ncn([C@H]3O[C@H](CO)[C@@H](O)[C@H]3O)c2n1. The molecule has 0 aliphatic carbocycles. The number of hydrogen-bond donors (Lipinski definition) is 7. The molecule has 0 saturated carbocycles. The van der Waals surface area contributed by atoms with Gasteiger partial charge in [-0.05, 0) is 13.2 Å². The number of amides is 3. The van der Waals surface area contributed by atoms with Gasteiger partial charge in [0.1, 0.15) is 24.4 Å². The van der Waals surface area contributed by atoms with Gasteiger partial charge >= 0.3 is 6.03 Å². The number of carbonyl (C=O) groups is 2. The van der Waals surface area contributed by atoms with Crippen molar-refractivity contribution in [1.82, 2.24) is 24.8 Å². The minimum absolute atomic E-state index is 0.0317. The minimum Gasteiger partial charge on any atom is -0.394 e. The van der Waals surface area contributed by atoms with Crippen molar-refractivity contribution in [2.75, 3.05) is 18.2 Å². The molecule has 3 amide bonds. The summed E-state index contributed by atoms with van der Waals surface area (Å²) in [5.74, 6) is -0.921. The number of nitrogens with one attached hydrogen (secondary N) is 2. The Labute approximate surface area is 179 Å². The summed E-state index contributed by atoms with van der Waals surface area (Å²) in [6, 6.07) is -2.25. The van der Waals surface area contributed by atoms with Crippen molar-refractivity contribution >= 4 is 40.7 Å². The fraction of sp³-hybridized carbons (Fsp3) is 0.562. The normalized spacial score (nSPS) is 25.4. The number of imidazole rings is 1. The second-order valence-electron chi connectivity index (χ2n) is 6.82. The molecule has 2 aromatic heterocycles. The van der Waals surface area contributed by atoms with Gasteiger partial charge in [-0.15, -0.1) is 0 Å². The number of aliphatic hydroxyl groups excluding tert-OH is 4. The van der Waals surface area contributed by atoms with E-state index in [0.717, 1.165) is 11.8 Å². The van der Waals surface area contributed by atoms with E-state index in [-0.39, 0.29) is 22.1 Å². The molecule has 3 rings (SSSR count). The lowest BCUT2D eigenvalue weighted by Gasteiger charge is -2.17. The molecule has 1 saturated heterocycles. The topological polar surface area (TPSA) is 218 Å². The van der Waals surface area contributed by atoms with Crippen molar-refractivity contribution in [2.24, 2.45) is 5.73 Å². The van der Waals surface area contributed by atoms with E-state index in [4.69, 9.17) is 10.5 Å². The Kier molecular flexibility index (Phi) is 7.05. The second kappa shape index (κ2) is 9.39. The van der Waals surface area contributed by atoms with Crippen LogP contribution in [0.1, 0.15) is 13.2 Å². The highest BCUT2D eigenvalue weighted by Crippen LogP contribution is 2.33. The number of carbonyl (C=O) groups excluding carboxylic acids is 2. The standard InChI is InChI=1S/C16H23N7O7S/c1-5(25)7(17)13(28)22-15(29)19-11-8-12(21-16(20-11)31-2)23(4-18-8)14-10(27)9(26)6(3-24)30-14/h4-7,9-10,14,24-27H,3,17H2,1-2H3,(H2,19,20,21,22,28,29)/t5-,6-,7+,9-,10-,14+/m1/s1. The highest BCUT2D eigenvalue weighted by molar-refractivity contribution is 7.98. The average molecular weight is 457 g/mol. The zero-order valence-electron chi connectivity index (χ0n) is 16.5. The molecule has 8 N–H and O–H groups in total. The van der Waals surface area contributed by atoms with Crippen molar-refractivity contribution in [2.45, 2.75) is 48.8 Å². The van der Waals surface area contributed by atoms with E-state index >= 15 is 0 Å². The van der Waals surface area contributed by atoms with E-state index in [1.807, 2.05) is 5.32 Å². The Morgan fingerprint density at radius 3 is 2.65 bits per heavy atom. The van der Waals surface area contributed by atoms with Crippen LogP contribution in [-0.4, -0.2) is 95.2 Å². The lowest BCUT2D eigenvalue weighted by molar-refractivity contribution is -0.123. The van der Waals surface area contributed by atoms with E-state index in [2.05, 4.69) is 20.3 Å². The quantitative estimate of drug-likeness (QED) is 0.177. The predicted octanol–water partition coefficient (Wildman–Crippen LogP) is -2.48. The molecule has 15 heteroatoms. The zero-order valence-corrected chi connectivity index (χ0v) is 17.4. The number of aliphatic hydroxyl groups is 4. The number of fused-ring (bicyclic) bond motifs is 1. The molecule has 3 heterocycles. The fourth-order valence-electron chi connectivity index (χ4n) is 2.92. The van der Waals surface area contributed by atoms with Crippen LogP contribution in [0.3, 0.4) is 0 Å². The number of hydrogen-bond acceptors (Lipinski definition) is 12. The van der Waals surface area contributed by atoms with Crippen LogP contribution in [-0.2, 0) is 9.53 Å². The first kappa shape index (κ1) is 23.3. The van der Waals surface area contributed by atoms with Crippen LogP contribution < -0.4 is 16.4 Å². The van der Waals surface area contributed by atoms with Crippen molar-refractivity contribution in [3.63, 3.8) is 0 Å². The van der Waals surface area contributed by atoms with Gasteiger partial charge < -0.3 is 30.9 Å². The van der Waals surface area contributed by atoms with Gasteiger partial charge in [0.05, 0.1) is 19.0 Å². The van der Waals surface area contributed by atoms with Gasteiger partial charge in [0.25, 0.3) is 0 Å². The number of anilines is 1. The molecule has 2 aromatic rings. The van der Waals surface area contributed by atoms with E-state index in [1.54, 1.807) is 6.26 Å². The summed E-state index contributed by atoms with van der Waals surface area (Å²) >= 11 is 1.16. The second-order valence-corrected chi connectivity index (χ2v) is 7.59. The van der Waals surface area contributed by atoms with Gasteiger partial charge in [-0.1, -0.05) is 11.8 Å². The summed E-state index contributed by atoms with van der Waals surface area (Å²) in [6.45, 7) is 0.813. The number of rotatable bonds is 6. The zero-order chi connectivity index (χ0) is 22.9. The molecular formula is C16H23N7O7S. The largest absolute Gasteiger partial charge is 0.394 e. The molecule has 6 atom stereocenters. The summed E-state index contributed by atoms with van der Waals surface area (Å²) in [4.78, 5) is 36.7. The number of ether oxygens (including phenoxy) is 1. The Hall–Kier alpha value is -2.40. The van der Waals surface area contributed by atoms with Crippen LogP contribution in [0.4, 0.5) is 10.6 Å². The minimum atomic E-state index is -1.36. The van der Waals surface area contributed by atoms with Crippen LogP contribution in [0.25, 0.3) is 11.2 Å². The number of thioether (sulfide) groups is 1. The molecule has 0 aromatic carbocycles. The third kappa shape index (κ3) is 4.62. The Morgan fingerprint density at radius 1 is 1.35 bits per heavy atom. The summed E-state index contributed by atoms with van der Waals surface area (Å²) in [5.41, 5.74) is 5.80.